The Balaban J connectivity index is 1.95. The smallest absolute Gasteiger partial charge is 0.393 e. The molecule has 0 spiro atoms. The second-order valence-electron chi connectivity index (χ2n) is 12.5. The van der Waals surface area contributed by atoms with Crippen LogP contribution >= 0.6 is 0 Å². The molecule has 0 heterocycles. The Hall–Kier alpha value is -1.65. The minimum Gasteiger partial charge on any atom is -0.393 e. The van der Waals surface area contributed by atoms with Crippen molar-refractivity contribution in [2.45, 2.75) is 127 Å². The number of fused-ring (bicyclic) bond motifs is 1. The molecular formula is C32H45F7O3. The van der Waals surface area contributed by atoms with E-state index in [1.165, 1.54) is 0 Å². The van der Waals surface area contributed by atoms with E-state index in [2.05, 4.69) is 6.58 Å². The molecule has 0 aromatic carbocycles. The first kappa shape index (κ1) is 26.7. The average molecular weight is 617 g/mol. The molecule has 6 atom stereocenters. The van der Waals surface area contributed by atoms with Crippen LogP contribution < -0.4 is 0 Å². The fraction of sp³-hybridized carbons (Fsp3) is 0.750. The van der Waals surface area contributed by atoms with Crippen LogP contribution in [0.1, 0.15) is 99.5 Å². The summed E-state index contributed by atoms with van der Waals surface area (Å²) in [6.07, 6.45) is -8.31. The van der Waals surface area contributed by atoms with Gasteiger partial charge in [-0.1, -0.05) is 43.7 Å². The first-order chi connectivity index (χ1) is 21.7. The van der Waals surface area contributed by atoms with Crippen molar-refractivity contribution in [1.29, 1.82) is 0 Å². The fourth-order valence-electron chi connectivity index (χ4n) is 7.35. The lowest BCUT2D eigenvalue weighted by molar-refractivity contribution is -0.347. The molecule has 0 unspecified atom stereocenters. The van der Waals surface area contributed by atoms with E-state index < -0.39 is 67.3 Å². The number of hydrogen-bond acceptors (Lipinski definition) is 3. The van der Waals surface area contributed by atoms with Crippen LogP contribution in [0.4, 0.5) is 30.7 Å². The Morgan fingerprint density at radius 2 is 1.76 bits per heavy atom. The molecule has 3 nitrogen and oxygen atoms in total. The van der Waals surface area contributed by atoms with Gasteiger partial charge in [0.05, 0.1) is 11.7 Å². The zero-order valence-corrected chi connectivity index (χ0v) is 23.7. The molecule has 0 aliphatic heterocycles. The standard InChI is InChI=1S/C32H45F7O3/c1-20-23(18-24(40)19-27(20)33)12-11-22-9-6-16-29(4)25(13-14-26(22)29)21(8-5-15-28(2,3)41)10-7-17-30(42,31(34,35)36)32(37,38)39/h7,11-12,17,21,24-27,40-42H,1,5-6,8-10,13-16,18-19H2,2-4H3/b17-7-,22-11+,23-12-/t21-,24+,25+,26-,27-,29+/m0/s1/i2D3,3D3. The van der Waals surface area contributed by atoms with Gasteiger partial charge in [-0.05, 0) is 112 Å². The molecule has 0 aromatic rings. The van der Waals surface area contributed by atoms with E-state index in [1.807, 2.05) is 13.0 Å². The van der Waals surface area contributed by atoms with Crippen molar-refractivity contribution in [2.24, 2.45) is 23.2 Å². The summed E-state index contributed by atoms with van der Waals surface area (Å²) in [4.78, 5) is 0. The minimum atomic E-state index is -6.06. The maximum absolute atomic E-state index is 14.3. The van der Waals surface area contributed by atoms with Gasteiger partial charge in [-0.2, -0.15) is 26.3 Å². The van der Waals surface area contributed by atoms with E-state index in [-0.39, 0.29) is 50.0 Å². The lowest BCUT2D eigenvalue weighted by atomic mass is 9.60. The van der Waals surface area contributed by atoms with Crippen LogP contribution in [0.15, 0.2) is 47.6 Å². The van der Waals surface area contributed by atoms with Crippen LogP contribution in [-0.2, 0) is 0 Å². The number of allylic oxidation sites excluding steroid dienone is 5. The molecule has 240 valence electrons. The number of alkyl halides is 7. The SMILES string of the molecule is [2H]C([2H])([2H])C(O)(CCC[C@@H](C/C=C\C(O)(C(F)(F)F)C(F)(F)F)[C@H]1CC[C@H]2/C(=C/C=C3/C[C@@H](O)C[C@H](F)C3=C)CCC[C@]12C)C([2H])([2H])[2H]. The molecule has 0 amide bonds. The van der Waals surface area contributed by atoms with Crippen molar-refractivity contribution in [1.82, 2.24) is 0 Å². The normalized spacial score (nSPS) is 35.4. The van der Waals surface area contributed by atoms with Gasteiger partial charge >= 0.3 is 12.4 Å². The molecule has 3 saturated carbocycles. The second-order valence-corrected chi connectivity index (χ2v) is 12.5. The van der Waals surface area contributed by atoms with Crippen LogP contribution in [-0.4, -0.2) is 51.1 Å². The summed E-state index contributed by atoms with van der Waals surface area (Å²) in [5.41, 5.74) is -6.78. The van der Waals surface area contributed by atoms with Gasteiger partial charge in [0.1, 0.15) is 6.17 Å². The van der Waals surface area contributed by atoms with Crippen molar-refractivity contribution in [3.05, 3.63) is 47.6 Å². The fourth-order valence-corrected chi connectivity index (χ4v) is 7.35. The molecule has 10 heteroatoms. The zero-order valence-electron chi connectivity index (χ0n) is 29.7. The Morgan fingerprint density at radius 1 is 1.10 bits per heavy atom. The van der Waals surface area contributed by atoms with Crippen molar-refractivity contribution < 1.29 is 54.3 Å². The van der Waals surface area contributed by atoms with Gasteiger partial charge in [-0.3, -0.25) is 0 Å². The van der Waals surface area contributed by atoms with E-state index in [9.17, 15) is 46.1 Å². The largest absolute Gasteiger partial charge is 0.429 e. The summed E-state index contributed by atoms with van der Waals surface area (Å²) in [6.45, 7) is -0.809. The first-order valence-corrected chi connectivity index (χ1v) is 14.4. The van der Waals surface area contributed by atoms with Crippen LogP contribution in [0, 0.1) is 23.2 Å². The maximum atomic E-state index is 14.3. The molecule has 3 aliphatic carbocycles. The highest BCUT2D eigenvalue weighted by molar-refractivity contribution is 5.38. The summed E-state index contributed by atoms with van der Waals surface area (Å²) in [5.74, 6) is -1.01. The van der Waals surface area contributed by atoms with Crippen molar-refractivity contribution in [2.75, 3.05) is 0 Å². The van der Waals surface area contributed by atoms with Crippen molar-refractivity contribution in [3.8, 4) is 0 Å². The quantitative estimate of drug-likeness (QED) is 0.180. The van der Waals surface area contributed by atoms with E-state index in [4.69, 9.17) is 8.22 Å². The second kappa shape index (κ2) is 12.8. The van der Waals surface area contributed by atoms with Gasteiger partial charge in [0.15, 0.2) is 0 Å². The topological polar surface area (TPSA) is 60.7 Å². The average Bonchev–Trinajstić information content (AvgIpc) is 3.28. The third-order valence-corrected chi connectivity index (χ3v) is 9.61. The molecule has 42 heavy (non-hydrogen) atoms. The van der Waals surface area contributed by atoms with Gasteiger partial charge in [-0.15, -0.1) is 0 Å². The molecule has 0 radical (unpaired) electrons. The molecule has 0 saturated heterocycles. The molecule has 3 N–H and O–H groups in total. The van der Waals surface area contributed by atoms with Gasteiger partial charge in [0, 0.05) is 14.6 Å². The third-order valence-electron chi connectivity index (χ3n) is 9.61. The van der Waals surface area contributed by atoms with Crippen molar-refractivity contribution in [3.63, 3.8) is 0 Å². The Kier molecular flexibility index (Phi) is 8.12. The number of aliphatic hydroxyl groups is 3. The maximum Gasteiger partial charge on any atom is 0.429 e. The van der Waals surface area contributed by atoms with Crippen LogP contribution in [0.2, 0.25) is 0 Å². The van der Waals surface area contributed by atoms with Crippen LogP contribution in [0.25, 0.3) is 0 Å². The Morgan fingerprint density at radius 3 is 2.38 bits per heavy atom. The highest BCUT2D eigenvalue weighted by Crippen LogP contribution is 2.60. The van der Waals surface area contributed by atoms with E-state index in [1.54, 1.807) is 6.08 Å². The number of rotatable bonds is 9. The lowest BCUT2D eigenvalue weighted by Crippen LogP contribution is -2.55. The predicted molar refractivity (Wildman–Crippen MR) is 148 cm³/mol. The highest BCUT2D eigenvalue weighted by Gasteiger charge is 2.69. The third kappa shape index (κ3) is 7.70. The molecule has 0 bridgehead atoms. The molecule has 0 aromatic heterocycles. The lowest BCUT2D eigenvalue weighted by Gasteiger charge is -2.45. The number of hydrogen-bond donors (Lipinski definition) is 3. The van der Waals surface area contributed by atoms with Crippen molar-refractivity contribution >= 4 is 0 Å². The van der Waals surface area contributed by atoms with Crippen LogP contribution in [0.5, 0.6) is 0 Å². The van der Waals surface area contributed by atoms with Crippen LogP contribution in [0.3, 0.4) is 0 Å². The predicted octanol–water partition coefficient (Wildman–Crippen LogP) is 8.46. The van der Waals surface area contributed by atoms with E-state index >= 15 is 0 Å². The number of halogens is 7. The minimum absolute atomic E-state index is 0.0129. The van der Waals surface area contributed by atoms with Gasteiger partial charge in [0.2, 0.25) is 0 Å². The zero-order chi connectivity index (χ0) is 36.7. The number of aliphatic hydroxyl groups excluding tert-OH is 1. The summed E-state index contributed by atoms with van der Waals surface area (Å²) in [6, 6.07) is 0. The Bertz CT molecular complexity index is 1230. The Labute approximate surface area is 252 Å². The van der Waals surface area contributed by atoms with Gasteiger partial charge < -0.3 is 15.3 Å². The molecule has 3 fully saturated rings. The summed E-state index contributed by atoms with van der Waals surface area (Å²) >= 11 is 0. The van der Waals surface area contributed by atoms with E-state index in [0.717, 1.165) is 5.57 Å². The summed E-state index contributed by atoms with van der Waals surface area (Å²) in [5, 5.41) is 30.4. The molecule has 3 rings (SSSR count). The summed E-state index contributed by atoms with van der Waals surface area (Å²) in [7, 11) is 0. The monoisotopic (exact) mass is 616 g/mol. The highest BCUT2D eigenvalue weighted by atomic mass is 19.4. The molecular weight excluding hydrogens is 565 g/mol. The van der Waals surface area contributed by atoms with E-state index in [0.29, 0.717) is 49.3 Å². The first-order valence-electron chi connectivity index (χ1n) is 17.4. The summed E-state index contributed by atoms with van der Waals surface area (Å²) < 4.78 is 140. The van der Waals surface area contributed by atoms with Gasteiger partial charge in [-0.25, -0.2) is 4.39 Å². The molecule has 3 aliphatic rings. The van der Waals surface area contributed by atoms with Gasteiger partial charge in [0.25, 0.3) is 5.60 Å².